The Bertz CT molecular complexity index is 1000. The highest BCUT2D eigenvalue weighted by Gasteiger charge is 2.38. The highest BCUT2D eigenvalue weighted by Crippen LogP contribution is 2.47. The van der Waals surface area contributed by atoms with Gasteiger partial charge in [0.2, 0.25) is 0 Å². The van der Waals surface area contributed by atoms with Crippen molar-refractivity contribution in [3.05, 3.63) is 52.9 Å². The van der Waals surface area contributed by atoms with Gasteiger partial charge in [-0.25, -0.2) is 8.42 Å². The molecule has 6 nitrogen and oxygen atoms in total. The van der Waals surface area contributed by atoms with Crippen molar-refractivity contribution in [1.29, 1.82) is 0 Å². The second-order valence-corrected chi connectivity index (χ2v) is 10.6. The van der Waals surface area contributed by atoms with Gasteiger partial charge in [0.05, 0.1) is 23.1 Å². The monoisotopic (exact) mass is 437 g/mol. The standard InChI is InChI=1S/C21H24ClNO5S/c1-14-10-17(14)19-7-6-16(28-19)11-23(15-8-9-29(25,26)13-15)21(24)12-27-20-5-3-2-4-18(20)22/h2-7,14-15,17H,8-13H2,1H3. The van der Waals surface area contributed by atoms with Crippen LogP contribution in [0.25, 0.3) is 0 Å². The lowest BCUT2D eigenvalue weighted by molar-refractivity contribution is -0.136. The van der Waals surface area contributed by atoms with Crippen LogP contribution in [-0.4, -0.2) is 43.4 Å². The summed E-state index contributed by atoms with van der Waals surface area (Å²) >= 11 is 6.09. The van der Waals surface area contributed by atoms with Gasteiger partial charge in [0.15, 0.2) is 16.4 Å². The summed E-state index contributed by atoms with van der Waals surface area (Å²) in [5.41, 5.74) is 0. The predicted octanol–water partition coefficient (Wildman–Crippen LogP) is 3.65. The average molecular weight is 438 g/mol. The number of hydrogen-bond donors (Lipinski definition) is 0. The molecule has 1 aromatic carbocycles. The number of carbonyl (C=O) groups excluding carboxylic acids is 1. The number of halogens is 1. The van der Waals surface area contributed by atoms with Crippen LogP contribution in [-0.2, 0) is 21.2 Å². The molecular formula is C21H24ClNO5S. The zero-order chi connectivity index (χ0) is 20.6. The van der Waals surface area contributed by atoms with Crippen molar-refractivity contribution < 1.29 is 22.4 Å². The van der Waals surface area contributed by atoms with Crippen LogP contribution in [0, 0.1) is 5.92 Å². The summed E-state index contributed by atoms with van der Waals surface area (Å²) < 4.78 is 35.5. The van der Waals surface area contributed by atoms with E-state index < -0.39 is 9.84 Å². The van der Waals surface area contributed by atoms with Crippen molar-refractivity contribution in [1.82, 2.24) is 4.90 Å². The molecule has 2 fully saturated rings. The Morgan fingerprint density at radius 3 is 2.69 bits per heavy atom. The molecule has 1 aromatic heterocycles. The number of para-hydroxylation sites is 1. The van der Waals surface area contributed by atoms with Crippen LogP contribution in [0.1, 0.15) is 37.2 Å². The van der Waals surface area contributed by atoms with Crippen LogP contribution in [0.5, 0.6) is 5.75 Å². The largest absolute Gasteiger partial charge is 0.482 e. The fourth-order valence-electron chi connectivity index (χ4n) is 3.79. The molecular weight excluding hydrogens is 414 g/mol. The van der Waals surface area contributed by atoms with Gasteiger partial charge < -0.3 is 14.1 Å². The molecule has 2 aliphatic rings. The van der Waals surface area contributed by atoms with Gasteiger partial charge in [0, 0.05) is 12.0 Å². The fourth-order valence-corrected chi connectivity index (χ4v) is 5.71. The Hall–Kier alpha value is -1.99. The van der Waals surface area contributed by atoms with Crippen molar-refractivity contribution >= 4 is 27.3 Å². The molecule has 1 aliphatic heterocycles. The van der Waals surface area contributed by atoms with Crippen molar-refractivity contribution in [3.8, 4) is 5.75 Å². The first-order chi connectivity index (χ1) is 13.8. The van der Waals surface area contributed by atoms with Gasteiger partial charge >= 0.3 is 0 Å². The summed E-state index contributed by atoms with van der Waals surface area (Å²) in [6, 6.07) is 10.4. The van der Waals surface area contributed by atoms with Crippen LogP contribution in [0.3, 0.4) is 0 Å². The molecule has 2 aromatic rings. The molecule has 3 atom stereocenters. The number of benzene rings is 1. The molecule has 3 unspecified atom stereocenters. The van der Waals surface area contributed by atoms with E-state index in [1.807, 2.05) is 12.1 Å². The molecule has 0 radical (unpaired) electrons. The minimum Gasteiger partial charge on any atom is -0.482 e. The van der Waals surface area contributed by atoms with E-state index in [1.165, 1.54) is 0 Å². The zero-order valence-electron chi connectivity index (χ0n) is 16.2. The van der Waals surface area contributed by atoms with Gasteiger partial charge in [0.1, 0.15) is 17.3 Å². The van der Waals surface area contributed by atoms with Crippen molar-refractivity contribution in [3.63, 3.8) is 0 Å². The number of carbonyl (C=O) groups is 1. The average Bonchev–Trinajstić information content (AvgIpc) is 3.07. The zero-order valence-corrected chi connectivity index (χ0v) is 17.8. The molecule has 0 N–H and O–H groups in total. The van der Waals surface area contributed by atoms with E-state index in [-0.39, 0.29) is 36.6 Å². The van der Waals surface area contributed by atoms with Crippen LogP contribution in [0.4, 0.5) is 0 Å². The maximum absolute atomic E-state index is 13.0. The topological polar surface area (TPSA) is 76.8 Å². The molecule has 8 heteroatoms. The Morgan fingerprint density at radius 1 is 1.28 bits per heavy atom. The summed E-state index contributed by atoms with van der Waals surface area (Å²) in [5, 5.41) is 0.421. The minimum absolute atomic E-state index is 0.0297. The molecule has 2 heterocycles. The number of hydrogen-bond acceptors (Lipinski definition) is 5. The normalized spacial score (nSPS) is 25.0. The van der Waals surface area contributed by atoms with Gasteiger partial charge in [-0.05, 0) is 43.0 Å². The summed E-state index contributed by atoms with van der Waals surface area (Å²) in [5.74, 6) is 2.86. The van der Waals surface area contributed by atoms with E-state index in [4.69, 9.17) is 20.8 Å². The number of nitrogens with zero attached hydrogens (tertiary/aromatic N) is 1. The van der Waals surface area contributed by atoms with Crippen molar-refractivity contribution in [2.24, 2.45) is 5.92 Å². The summed E-state index contributed by atoms with van der Waals surface area (Å²) in [7, 11) is -3.13. The van der Waals surface area contributed by atoms with Gasteiger partial charge in [0.25, 0.3) is 5.91 Å². The van der Waals surface area contributed by atoms with E-state index in [2.05, 4.69) is 6.92 Å². The van der Waals surface area contributed by atoms with E-state index in [0.717, 1.165) is 12.2 Å². The van der Waals surface area contributed by atoms with E-state index >= 15 is 0 Å². The maximum Gasteiger partial charge on any atom is 0.261 e. The predicted molar refractivity (Wildman–Crippen MR) is 110 cm³/mol. The Labute approximate surface area is 175 Å². The lowest BCUT2D eigenvalue weighted by atomic mass is 10.2. The number of ether oxygens (including phenoxy) is 1. The van der Waals surface area contributed by atoms with Crippen molar-refractivity contribution in [2.45, 2.75) is 38.3 Å². The van der Waals surface area contributed by atoms with E-state index in [9.17, 15) is 13.2 Å². The highest BCUT2D eigenvalue weighted by molar-refractivity contribution is 7.91. The number of furan rings is 1. The first-order valence-corrected chi connectivity index (χ1v) is 12.0. The first kappa shape index (κ1) is 20.3. The number of rotatable bonds is 7. The van der Waals surface area contributed by atoms with Crippen LogP contribution in [0.2, 0.25) is 5.02 Å². The molecule has 0 spiro atoms. The second kappa shape index (κ2) is 8.03. The molecule has 4 rings (SSSR count). The lowest BCUT2D eigenvalue weighted by Gasteiger charge is -2.27. The van der Waals surface area contributed by atoms with Gasteiger partial charge in [-0.15, -0.1) is 0 Å². The van der Waals surface area contributed by atoms with E-state index in [0.29, 0.717) is 34.8 Å². The van der Waals surface area contributed by atoms with Gasteiger partial charge in [-0.1, -0.05) is 30.7 Å². The van der Waals surface area contributed by atoms with Crippen LogP contribution in [0.15, 0.2) is 40.8 Å². The summed E-state index contributed by atoms with van der Waals surface area (Å²) in [4.78, 5) is 14.5. The second-order valence-electron chi connectivity index (χ2n) is 7.92. The molecule has 29 heavy (non-hydrogen) atoms. The Balaban J connectivity index is 1.48. The molecule has 1 saturated heterocycles. The smallest absolute Gasteiger partial charge is 0.261 e. The lowest BCUT2D eigenvalue weighted by Crippen LogP contribution is -2.43. The quantitative estimate of drug-likeness (QED) is 0.660. The number of sulfone groups is 1. The Morgan fingerprint density at radius 2 is 2.03 bits per heavy atom. The molecule has 0 bridgehead atoms. The highest BCUT2D eigenvalue weighted by atomic mass is 35.5. The SMILES string of the molecule is CC1CC1c1ccc(CN(C(=O)COc2ccccc2Cl)C2CCS(=O)(=O)C2)o1. The third kappa shape index (κ3) is 4.78. The molecule has 156 valence electrons. The molecule has 1 amide bonds. The molecule has 1 aliphatic carbocycles. The minimum atomic E-state index is -3.13. The van der Waals surface area contributed by atoms with Crippen LogP contribution < -0.4 is 4.74 Å². The number of amides is 1. The van der Waals surface area contributed by atoms with Gasteiger partial charge in [-0.2, -0.15) is 0 Å². The summed E-state index contributed by atoms with van der Waals surface area (Å²) in [6.07, 6.45) is 1.54. The van der Waals surface area contributed by atoms with E-state index in [1.54, 1.807) is 29.2 Å². The molecule has 1 saturated carbocycles. The summed E-state index contributed by atoms with van der Waals surface area (Å²) in [6.45, 7) is 2.19. The maximum atomic E-state index is 13.0. The third-order valence-corrected chi connectivity index (χ3v) is 7.70. The van der Waals surface area contributed by atoms with Crippen molar-refractivity contribution in [2.75, 3.05) is 18.1 Å². The Kier molecular flexibility index (Phi) is 5.62. The first-order valence-electron chi connectivity index (χ1n) is 9.78. The van der Waals surface area contributed by atoms with Gasteiger partial charge in [-0.3, -0.25) is 4.79 Å². The third-order valence-electron chi connectivity index (χ3n) is 5.64. The fraction of sp³-hybridized carbons (Fsp3) is 0.476. The van der Waals surface area contributed by atoms with Crippen LogP contribution >= 0.6 is 11.6 Å².